The lowest BCUT2D eigenvalue weighted by atomic mass is 10.0. The van der Waals surface area contributed by atoms with Gasteiger partial charge in [-0.25, -0.2) is 12.8 Å². The lowest BCUT2D eigenvalue weighted by molar-refractivity contribution is 0.484. The Kier molecular flexibility index (Phi) is 6.45. The Labute approximate surface area is 115 Å². The van der Waals surface area contributed by atoms with Crippen molar-refractivity contribution in [3.8, 4) is 0 Å². The van der Waals surface area contributed by atoms with E-state index < -0.39 is 9.84 Å². The lowest BCUT2D eigenvalue weighted by Crippen LogP contribution is -2.31. The normalized spacial score (nSPS) is 13.4. The van der Waals surface area contributed by atoms with Crippen LogP contribution in [0.1, 0.15) is 25.3 Å². The van der Waals surface area contributed by atoms with Crippen LogP contribution in [0.3, 0.4) is 0 Å². The van der Waals surface area contributed by atoms with Gasteiger partial charge >= 0.3 is 0 Å². The molecule has 1 aromatic rings. The molecule has 1 rings (SSSR count). The minimum atomic E-state index is -2.89. The van der Waals surface area contributed by atoms with Crippen molar-refractivity contribution in [2.45, 2.75) is 32.2 Å². The van der Waals surface area contributed by atoms with Gasteiger partial charge in [-0.3, -0.25) is 0 Å². The number of hydrogen-bond donors (Lipinski definition) is 1. The Morgan fingerprint density at radius 1 is 1.26 bits per heavy atom. The summed E-state index contributed by atoms with van der Waals surface area (Å²) in [6, 6.07) is 6.69. The van der Waals surface area contributed by atoms with E-state index in [0.29, 0.717) is 6.42 Å². The van der Waals surface area contributed by atoms with Crippen LogP contribution >= 0.6 is 0 Å². The predicted molar refractivity (Wildman–Crippen MR) is 76.5 cm³/mol. The maximum Gasteiger partial charge on any atom is 0.147 e. The van der Waals surface area contributed by atoms with Crippen molar-refractivity contribution in [2.24, 2.45) is 0 Å². The van der Waals surface area contributed by atoms with E-state index in [0.717, 1.165) is 24.9 Å². The third-order valence-corrected chi connectivity index (χ3v) is 3.99. The average Bonchev–Trinajstić information content (AvgIpc) is 2.30. The average molecular weight is 287 g/mol. The first-order valence-corrected chi connectivity index (χ1v) is 8.62. The fourth-order valence-corrected chi connectivity index (χ4v) is 2.75. The van der Waals surface area contributed by atoms with E-state index in [2.05, 4.69) is 5.32 Å². The second-order valence-corrected chi connectivity index (χ2v) is 7.12. The van der Waals surface area contributed by atoms with Gasteiger partial charge in [0.05, 0.1) is 0 Å². The summed E-state index contributed by atoms with van der Waals surface area (Å²) < 4.78 is 35.0. The molecule has 0 radical (unpaired) electrons. The van der Waals surface area contributed by atoms with E-state index in [1.54, 1.807) is 12.1 Å². The van der Waals surface area contributed by atoms with Crippen LogP contribution in [-0.4, -0.2) is 33.0 Å². The number of halogens is 1. The van der Waals surface area contributed by atoms with Crippen molar-refractivity contribution in [3.63, 3.8) is 0 Å². The summed E-state index contributed by atoms with van der Waals surface area (Å²) in [7, 11) is -2.89. The quantitative estimate of drug-likeness (QED) is 0.797. The van der Waals surface area contributed by atoms with E-state index in [1.165, 1.54) is 18.4 Å². The molecule has 1 atom stereocenters. The number of rotatable bonds is 8. The van der Waals surface area contributed by atoms with Gasteiger partial charge in [0.2, 0.25) is 0 Å². The molecular weight excluding hydrogens is 265 g/mol. The number of sulfone groups is 1. The molecule has 0 fully saturated rings. The van der Waals surface area contributed by atoms with Gasteiger partial charge in [-0.1, -0.05) is 19.1 Å². The smallest absolute Gasteiger partial charge is 0.147 e. The summed E-state index contributed by atoms with van der Waals surface area (Å²) >= 11 is 0. The van der Waals surface area contributed by atoms with Gasteiger partial charge in [0.25, 0.3) is 0 Å². The van der Waals surface area contributed by atoms with Crippen molar-refractivity contribution in [1.82, 2.24) is 5.32 Å². The van der Waals surface area contributed by atoms with Crippen molar-refractivity contribution in [1.29, 1.82) is 0 Å². The number of nitrogens with one attached hydrogen (secondary N) is 1. The summed E-state index contributed by atoms with van der Waals surface area (Å²) in [5.74, 6) is -0.0148. The standard InChI is InChI=1S/C14H22FNO2S/c1-3-16-14(5-4-10-19(2,17)18)11-12-6-8-13(15)9-7-12/h6-9,14,16H,3-5,10-11H2,1-2H3. The Balaban J connectivity index is 2.50. The molecule has 0 aliphatic rings. The fourth-order valence-electron chi connectivity index (χ4n) is 2.06. The van der Waals surface area contributed by atoms with E-state index in [1.807, 2.05) is 6.92 Å². The molecule has 1 N–H and O–H groups in total. The third kappa shape index (κ3) is 7.28. The molecule has 5 heteroatoms. The van der Waals surface area contributed by atoms with E-state index in [-0.39, 0.29) is 17.6 Å². The summed E-state index contributed by atoms with van der Waals surface area (Å²) in [6.07, 6.45) is 3.50. The maximum atomic E-state index is 12.8. The minimum absolute atomic E-state index is 0.221. The molecule has 1 aromatic carbocycles. The van der Waals surface area contributed by atoms with Crippen molar-refractivity contribution in [2.75, 3.05) is 18.6 Å². The Morgan fingerprint density at radius 2 is 1.89 bits per heavy atom. The number of benzene rings is 1. The maximum absolute atomic E-state index is 12.8. The molecule has 108 valence electrons. The van der Waals surface area contributed by atoms with Crippen LogP contribution in [-0.2, 0) is 16.3 Å². The fraction of sp³-hybridized carbons (Fsp3) is 0.571. The van der Waals surface area contributed by atoms with Gasteiger partial charge in [-0.2, -0.15) is 0 Å². The topological polar surface area (TPSA) is 46.2 Å². The summed E-state index contributed by atoms with van der Waals surface area (Å²) in [6.45, 7) is 2.86. The highest BCUT2D eigenvalue weighted by molar-refractivity contribution is 7.90. The van der Waals surface area contributed by atoms with Gasteiger partial charge in [0.1, 0.15) is 15.7 Å². The Bertz CT molecular complexity index is 471. The van der Waals surface area contributed by atoms with Crippen LogP contribution in [0.15, 0.2) is 24.3 Å². The van der Waals surface area contributed by atoms with E-state index in [4.69, 9.17) is 0 Å². The van der Waals surface area contributed by atoms with Gasteiger partial charge in [-0.05, 0) is 43.5 Å². The Morgan fingerprint density at radius 3 is 2.42 bits per heavy atom. The molecule has 0 saturated carbocycles. The highest BCUT2D eigenvalue weighted by atomic mass is 32.2. The van der Waals surface area contributed by atoms with Gasteiger partial charge in [-0.15, -0.1) is 0 Å². The molecule has 0 aliphatic carbocycles. The predicted octanol–water partition coefficient (Wildman–Crippen LogP) is 2.17. The molecule has 1 unspecified atom stereocenters. The van der Waals surface area contributed by atoms with Crippen LogP contribution < -0.4 is 5.32 Å². The second-order valence-electron chi connectivity index (χ2n) is 4.86. The second kappa shape index (κ2) is 7.60. The molecule has 0 heterocycles. The molecule has 19 heavy (non-hydrogen) atoms. The lowest BCUT2D eigenvalue weighted by Gasteiger charge is -2.17. The summed E-state index contributed by atoms with van der Waals surface area (Å²) in [4.78, 5) is 0. The van der Waals surface area contributed by atoms with Crippen LogP contribution in [0.4, 0.5) is 4.39 Å². The molecular formula is C14H22FNO2S. The van der Waals surface area contributed by atoms with Gasteiger partial charge in [0, 0.05) is 18.1 Å². The SMILES string of the molecule is CCNC(CCCS(C)(=O)=O)Cc1ccc(F)cc1. The van der Waals surface area contributed by atoms with Gasteiger partial charge in [0.15, 0.2) is 0 Å². The van der Waals surface area contributed by atoms with Crippen molar-refractivity contribution >= 4 is 9.84 Å². The van der Waals surface area contributed by atoms with E-state index in [9.17, 15) is 12.8 Å². The zero-order valence-corrected chi connectivity index (χ0v) is 12.3. The van der Waals surface area contributed by atoms with Gasteiger partial charge < -0.3 is 5.32 Å². The van der Waals surface area contributed by atoms with Crippen LogP contribution in [0.5, 0.6) is 0 Å². The Hall–Kier alpha value is -0.940. The molecule has 3 nitrogen and oxygen atoms in total. The number of hydrogen-bond acceptors (Lipinski definition) is 3. The molecule has 0 aromatic heterocycles. The van der Waals surface area contributed by atoms with E-state index >= 15 is 0 Å². The largest absolute Gasteiger partial charge is 0.314 e. The highest BCUT2D eigenvalue weighted by Gasteiger charge is 2.10. The van der Waals surface area contributed by atoms with Crippen LogP contribution in [0.2, 0.25) is 0 Å². The first-order valence-electron chi connectivity index (χ1n) is 6.56. The first kappa shape index (κ1) is 16.1. The molecule has 0 aliphatic heterocycles. The minimum Gasteiger partial charge on any atom is -0.314 e. The monoisotopic (exact) mass is 287 g/mol. The third-order valence-electron chi connectivity index (χ3n) is 2.96. The molecule has 0 saturated heterocycles. The molecule has 0 amide bonds. The zero-order chi connectivity index (χ0) is 14.3. The van der Waals surface area contributed by atoms with Crippen LogP contribution in [0, 0.1) is 5.82 Å². The number of likely N-dealkylation sites (N-methyl/N-ethyl adjacent to an activating group) is 1. The molecule has 0 bridgehead atoms. The van der Waals surface area contributed by atoms with Crippen molar-refractivity contribution < 1.29 is 12.8 Å². The zero-order valence-electron chi connectivity index (χ0n) is 11.5. The highest BCUT2D eigenvalue weighted by Crippen LogP contribution is 2.10. The molecule has 0 spiro atoms. The van der Waals surface area contributed by atoms with Crippen molar-refractivity contribution in [3.05, 3.63) is 35.6 Å². The summed E-state index contributed by atoms with van der Waals surface area (Å²) in [5.41, 5.74) is 1.06. The summed E-state index contributed by atoms with van der Waals surface area (Å²) in [5, 5.41) is 3.34. The van der Waals surface area contributed by atoms with Crippen LogP contribution in [0.25, 0.3) is 0 Å². The first-order chi connectivity index (χ1) is 8.90.